The van der Waals surface area contributed by atoms with Crippen LogP contribution in [0.3, 0.4) is 0 Å². The Bertz CT molecular complexity index is 1350. The number of thiophene rings is 1. The number of hydrogen-bond donors (Lipinski definition) is 0. The molecule has 3 aromatic heterocycles. The summed E-state index contributed by atoms with van der Waals surface area (Å²) < 4.78 is 1.29. The molecule has 4 aromatic rings. The van der Waals surface area contributed by atoms with E-state index in [1.54, 1.807) is 29.7 Å². The standard InChI is InChI=1S/C22H19ClN6O2S2/c23-19-17(12-26-29(22(19)31)15-4-2-1-3-5-15)27-7-9-28(10-8-27)18(30)13-33-21-16-6-11-32-20(16)24-14-25-21/h1-6,11-12,14H,7-10,13H2. The zero-order valence-corrected chi connectivity index (χ0v) is 19.8. The predicted molar refractivity (Wildman–Crippen MR) is 132 cm³/mol. The second kappa shape index (κ2) is 9.50. The molecule has 0 atom stereocenters. The molecule has 1 aliphatic heterocycles. The molecule has 0 N–H and O–H groups in total. The molecule has 1 saturated heterocycles. The Kier molecular flexibility index (Phi) is 6.30. The van der Waals surface area contributed by atoms with Crippen molar-refractivity contribution in [2.24, 2.45) is 0 Å². The number of carbonyl (C=O) groups excluding carboxylic acids is 1. The molecule has 0 aliphatic carbocycles. The summed E-state index contributed by atoms with van der Waals surface area (Å²) in [5.74, 6) is 0.377. The van der Waals surface area contributed by atoms with Gasteiger partial charge in [-0.05, 0) is 23.6 Å². The van der Waals surface area contributed by atoms with Gasteiger partial charge in [0.1, 0.15) is 21.2 Å². The molecule has 1 amide bonds. The monoisotopic (exact) mass is 498 g/mol. The molecule has 8 nitrogen and oxygen atoms in total. The Hall–Kier alpha value is -2.95. The Morgan fingerprint density at radius 3 is 2.67 bits per heavy atom. The van der Waals surface area contributed by atoms with Gasteiger partial charge in [-0.15, -0.1) is 11.3 Å². The molecule has 0 saturated carbocycles. The fraction of sp³-hybridized carbons (Fsp3) is 0.227. The maximum Gasteiger partial charge on any atom is 0.292 e. The number of para-hydroxylation sites is 1. The van der Waals surface area contributed by atoms with E-state index in [-0.39, 0.29) is 16.5 Å². The Morgan fingerprint density at radius 2 is 1.88 bits per heavy atom. The third-order valence-corrected chi connectivity index (χ3v) is 7.60. The van der Waals surface area contributed by atoms with E-state index in [0.29, 0.717) is 43.3 Å². The van der Waals surface area contributed by atoms with Gasteiger partial charge in [0, 0.05) is 31.6 Å². The highest BCUT2D eigenvalue weighted by atomic mass is 35.5. The number of halogens is 1. The zero-order chi connectivity index (χ0) is 22.8. The SMILES string of the molecule is O=C(CSc1ncnc2sccc12)N1CCN(c2cnn(-c3ccccc3)c(=O)c2Cl)CC1. The van der Waals surface area contributed by atoms with Gasteiger partial charge in [0.2, 0.25) is 5.91 Å². The first-order valence-electron chi connectivity index (χ1n) is 10.3. The number of amides is 1. The lowest BCUT2D eigenvalue weighted by Crippen LogP contribution is -2.49. The summed E-state index contributed by atoms with van der Waals surface area (Å²) in [4.78, 5) is 38.9. The van der Waals surface area contributed by atoms with E-state index in [2.05, 4.69) is 15.1 Å². The van der Waals surface area contributed by atoms with Gasteiger partial charge >= 0.3 is 0 Å². The number of nitrogens with zero attached hydrogens (tertiary/aromatic N) is 6. The molecule has 11 heteroatoms. The van der Waals surface area contributed by atoms with Crippen molar-refractivity contribution in [3.05, 3.63) is 69.7 Å². The van der Waals surface area contributed by atoms with E-state index in [9.17, 15) is 9.59 Å². The van der Waals surface area contributed by atoms with Crippen molar-refractivity contribution in [1.82, 2.24) is 24.6 Å². The van der Waals surface area contributed by atoms with E-state index < -0.39 is 0 Å². The fourth-order valence-electron chi connectivity index (χ4n) is 3.70. The minimum atomic E-state index is -0.361. The maximum absolute atomic E-state index is 12.8. The number of carbonyl (C=O) groups is 1. The fourth-order valence-corrected chi connectivity index (χ4v) is 5.63. The molecule has 33 heavy (non-hydrogen) atoms. The smallest absolute Gasteiger partial charge is 0.292 e. The molecular formula is C22H19ClN6O2S2. The van der Waals surface area contributed by atoms with Gasteiger partial charge in [0.25, 0.3) is 5.56 Å². The average Bonchev–Trinajstić information content (AvgIpc) is 3.34. The van der Waals surface area contributed by atoms with Crippen LogP contribution in [0.25, 0.3) is 15.9 Å². The van der Waals surface area contributed by atoms with Crippen molar-refractivity contribution < 1.29 is 4.79 Å². The average molecular weight is 499 g/mol. The Balaban J connectivity index is 1.22. The van der Waals surface area contributed by atoms with Crippen molar-refractivity contribution in [2.75, 3.05) is 36.8 Å². The quantitative estimate of drug-likeness (QED) is 0.308. The summed E-state index contributed by atoms with van der Waals surface area (Å²) in [5, 5.41) is 8.22. The maximum atomic E-state index is 12.8. The largest absolute Gasteiger partial charge is 0.365 e. The van der Waals surface area contributed by atoms with Gasteiger partial charge in [-0.3, -0.25) is 9.59 Å². The predicted octanol–water partition coefficient (Wildman–Crippen LogP) is 3.33. The highest BCUT2D eigenvalue weighted by molar-refractivity contribution is 8.00. The van der Waals surface area contributed by atoms with E-state index in [4.69, 9.17) is 11.6 Å². The number of benzene rings is 1. The van der Waals surface area contributed by atoms with Crippen molar-refractivity contribution in [1.29, 1.82) is 0 Å². The van der Waals surface area contributed by atoms with Crippen LogP contribution in [0.15, 0.2) is 64.1 Å². The first-order valence-corrected chi connectivity index (χ1v) is 12.5. The van der Waals surface area contributed by atoms with Crippen LogP contribution in [0, 0.1) is 0 Å². The molecule has 5 rings (SSSR count). The topological polar surface area (TPSA) is 84.2 Å². The molecular weight excluding hydrogens is 480 g/mol. The van der Waals surface area contributed by atoms with Crippen molar-refractivity contribution in [3.63, 3.8) is 0 Å². The van der Waals surface area contributed by atoms with Crippen LogP contribution < -0.4 is 10.5 Å². The summed E-state index contributed by atoms with van der Waals surface area (Å²) in [7, 11) is 0. The van der Waals surface area contributed by atoms with Gasteiger partial charge < -0.3 is 9.80 Å². The molecule has 168 valence electrons. The van der Waals surface area contributed by atoms with E-state index in [1.807, 2.05) is 39.4 Å². The van der Waals surface area contributed by atoms with Crippen LogP contribution in [-0.4, -0.2) is 62.5 Å². The number of thioether (sulfide) groups is 1. The van der Waals surface area contributed by atoms with Gasteiger partial charge in [0.15, 0.2) is 0 Å². The second-order valence-corrected chi connectivity index (χ2v) is 9.61. The second-order valence-electron chi connectivity index (χ2n) is 7.37. The van der Waals surface area contributed by atoms with Crippen LogP contribution in [0.1, 0.15) is 0 Å². The first-order chi connectivity index (χ1) is 16.1. The minimum absolute atomic E-state index is 0.0605. The number of hydrogen-bond acceptors (Lipinski definition) is 8. The van der Waals surface area contributed by atoms with Crippen LogP contribution >= 0.6 is 34.7 Å². The number of aromatic nitrogens is 4. The summed E-state index contributed by atoms with van der Waals surface area (Å²) >= 11 is 9.42. The summed E-state index contributed by atoms with van der Waals surface area (Å²) in [6.07, 6.45) is 3.15. The summed E-state index contributed by atoms with van der Waals surface area (Å²) in [5.41, 5.74) is 0.892. The van der Waals surface area contributed by atoms with E-state index in [1.165, 1.54) is 22.8 Å². The van der Waals surface area contributed by atoms with E-state index >= 15 is 0 Å². The molecule has 0 unspecified atom stereocenters. The third kappa shape index (κ3) is 4.46. The molecule has 0 spiro atoms. The molecule has 4 heterocycles. The lowest BCUT2D eigenvalue weighted by atomic mass is 10.2. The Labute approximate surface area is 202 Å². The van der Waals surface area contributed by atoms with Crippen LogP contribution in [0.4, 0.5) is 5.69 Å². The number of piperazine rings is 1. The van der Waals surface area contributed by atoms with Crippen LogP contribution in [-0.2, 0) is 4.79 Å². The molecule has 0 radical (unpaired) electrons. The third-order valence-electron chi connectivity index (χ3n) is 5.43. The minimum Gasteiger partial charge on any atom is -0.365 e. The lowest BCUT2D eigenvalue weighted by molar-refractivity contribution is -0.128. The first kappa shape index (κ1) is 21.9. The van der Waals surface area contributed by atoms with Gasteiger partial charge in [0.05, 0.1) is 23.3 Å². The molecule has 0 bridgehead atoms. The lowest BCUT2D eigenvalue weighted by Gasteiger charge is -2.36. The normalized spacial score (nSPS) is 14.1. The highest BCUT2D eigenvalue weighted by Gasteiger charge is 2.24. The Morgan fingerprint density at radius 1 is 1.09 bits per heavy atom. The van der Waals surface area contributed by atoms with Crippen molar-refractivity contribution in [2.45, 2.75) is 5.03 Å². The van der Waals surface area contributed by atoms with Gasteiger partial charge in [-0.2, -0.15) is 9.78 Å². The number of anilines is 1. The summed E-state index contributed by atoms with van der Waals surface area (Å²) in [6, 6.07) is 11.1. The van der Waals surface area contributed by atoms with Crippen molar-refractivity contribution >= 4 is 56.5 Å². The van der Waals surface area contributed by atoms with Gasteiger partial charge in [-0.25, -0.2) is 9.97 Å². The summed E-state index contributed by atoms with van der Waals surface area (Å²) in [6.45, 7) is 2.26. The molecule has 1 aromatic carbocycles. The van der Waals surface area contributed by atoms with Crippen molar-refractivity contribution in [3.8, 4) is 5.69 Å². The zero-order valence-electron chi connectivity index (χ0n) is 17.4. The van der Waals surface area contributed by atoms with E-state index in [0.717, 1.165) is 15.2 Å². The highest BCUT2D eigenvalue weighted by Crippen LogP contribution is 2.28. The number of fused-ring (bicyclic) bond motifs is 1. The van der Waals surface area contributed by atoms with Gasteiger partial charge in [-0.1, -0.05) is 41.6 Å². The molecule has 1 aliphatic rings. The number of rotatable bonds is 5. The van der Waals surface area contributed by atoms with Crippen LogP contribution in [0.2, 0.25) is 5.02 Å². The van der Waals surface area contributed by atoms with Crippen LogP contribution in [0.5, 0.6) is 0 Å². The molecule has 1 fully saturated rings.